The number of hydrogen-bond donors (Lipinski definition) is 0. The number of aryl methyl sites for hydroxylation is 1. The average molecular weight is 323 g/mol. The van der Waals surface area contributed by atoms with Crippen LogP contribution in [0, 0.1) is 12.8 Å². The van der Waals surface area contributed by atoms with E-state index in [2.05, 4.69) is 45.1 Å². The quantitative estimate of drug-likeness (QED) is 0.869. The molecule has 4 aliphatic rings. The number of rotatable bonds is 3. The van der Waals surface area contributed by atoms with E-state index in [0.29, 0.717) is 18.0 Å². The normalized spacial score (nSPS) is 35.3. The minimum atomic E-state index is 0.618. The number of hydrogen-bond acceptors (Lipinski definition) is 4. The Kier molecular flexibility index (Phi) is 3.49. The van der Waals surface area contributed by atoms with Crippen LogP contribution in [0.4, 0.5) is 0 Å². The van der Waals surface area contributed by atoms with E-state index >= 15 is 0 Å². The molecule has 2 bridgehead atoms. The second-order valence-corrected chi connectivity index (χ2v) is 7.66. The monoisotopic (exact) mass is 323 g/mol. The molecule has 5 heterocycles. The Labute approximate surface area is 143 Å². The first-order valence-corrected chi connectivity index (χ1v) is 9.23. The molecule has 0 unspecified atom stereocenters. The molecule has 2 aromatic rings. The van der Waals surface area contributed by atoms with Crippen molar-refractivity contribution in [3.8, 4) is 0 Å². The van der Waals surface area contributed by atoms with Crippen LogP contribution in [0.25, 0.3) is 0 Å². The van der Waals surface area contributed by atoms with E-state index in [-0.39, 0.29) is 0 Å². The predicted octanol–water partition coefficient (Wildman–Crippen LogP) is 3.05. The van der Waals surface area contributed by atoms with Crippen molar-refractivity contribution >= 4 is 0 Å². The smallest absolute Gasteiger partial charge is 0.191 e. The molecule has 4 nitrogen and oxygen atoms in total. The minimum absolute atomic E-state index is 0.618. The lowest BCUT2D eigenvalue weighted by molar-refractivity contribution is -0.00898. The topological polar surface area (TPSA) is 32.5 Å². The first kappa shape index (κ1) is 14.7. The first-order chi connectivity index (χ1) is 11.8. The van der Waals surface area contributed by atoms with Crippen molar-refractivity contribution in [3.05, 3.63) is 53.7 Å². The third-order valence-corrected chi connectivity index (χ3v) is 6.35. The summed E-state index contributed by atoms with van der Waals surface area (Å²) in [5.74, 6) is 2.24. The van der Waals surface area contributed by atoms with Crippen LogP contribution in [0.1, 0.15) is 35.9 Å². The van der Waals surface area contributed by atoms with E-state index in [1.165, 1.54) is 31.5 Å². The fourth-order valence-corrected chi connectivity index (χ4v) is 5.40. The highest BCUT2D eigenvalue weighted by atomic mass is 16.3. The van der Waals surface area contributed by atoms with Gasteiger partial charge in [-0.05, 0) is 37.4 Å². The fourth-order valence-electron chi connectivity index (χ4n) is 5.40. The van der Waals surface area contributed by atoms with Crippen molar-refractivity contribution in [3.63, 3.8) is 0 Å². The summed E-state index contributed by atoms with van der Waals surface area (Å²) in [6.45, 7) is 6.56. The summed E-state index contributed by atoms with van der Waals surface area (Å²) < 4.78 is 5.44. The molecule has 1 aromatic heterocycles. The van der Waals surface area contributed by atoms with Gasteiger partial charge in [0.15, 0.2) is 5.89 Å². The molecule has 4 aliphatic heterocycles. The van der Waals surface area contributed by atoms with Gasteiger partial charge >= 0.3 is 0 Å². The summed E-state index contributed by atoms with van der Waals surface area (Å²) in [7, 11) is 0. The van der Waals surface area contributed by atoms with Crippen LogP contribution < -0.4 is 0 Å². The number of benzene rings is 1. The maximum absolute atomic E-state index is 5.44. The number of likely N-dealkylation sites (tertiary alicyclic amines) is 1. The van der Waals surface area contributed by atoms with Gasteiger partial charge in [-0.3, -0.25) is 9.80 Å². The van der Waals surface area contributed by atoms with E-state index in [9.17, 15) is 0 Å². The molecule has 0 spiro atoms. The standard InChI is InChI=1S/C20H25N3O/c1-14-21-17(13-24-14)11-23-12-18(15-5-3-2-4-6-15)20-19(23)16-7-9-22(20)10-8-16/h2-6,13,16,18-20H,7-12H2,1H3/t18-,19+,20+/m1/s1. The van der Waals surface area contributed by atoms with Gasteiger partial charge in [0.1, 0.15) is 6.26 Å². The van der Waals surface area contributed by atoms with Gasteiger partial charge in [0.25, 0.3) is 0 Å². The Hall–Kier alpha value is -1.65. The van der Waals surface area contributed by atoms with Crippen molar-refractivity contribution in [2.75, 3.05) is 19.6 Å². The van der Waals surface area contributed by atoms with Gasteiger partial charge in [0, 0.05) is 38.0 Å². The summed E-state index contributed by atoms with van der Waals surface area (Å²) in [5.41, 5.74) is 2.58. The molecule has 126 valence electrons. The molecule has 0 aliphatic carbocycles. The van der Waals surface area contributed by atoms with Gasteiger partial charge in [-0.2, -0.15) is 0 Å². The number of fused-ring (bicyclic) bond motifs is 2. The highest BCUT2D eigenvalue weighted by molar-refractivity contribution is 5.27. The van der Waals surface area contributed by atoms with Crippen LogP contribution in [-0.4, -0.2) is 46.5 Å². The molecule has 3 atom stereocenters. The van der Waals surface area contributed by atoms with Crippen molar-refractivity contribution in [1.29, 1.82) is 0 Å². The number of piperidine rings is 3. The zero-order valence-corrected chi connectivity index (χ0v) is 14.3. The summed E-state index contributed by atoms with van der Waals surface area (Å²) in [5, 5.41) is 0. The SMILES string of the molecule is Cc1nc(CN2C[C@H](c3ccccc3)[C@H]3[C@@H]2C2CCN3CC2)co1. The summed E-state index contributed by atoms with van der Waals surface area (Å²) >= 11 is 0. The summed E-state index contributed by atoms with van der Waals surface area (Å²) in [6, 6.07) is 12.5. The van der Waals surface area contributed by atoms with Crippen molar-refractivity contribution in [1.82, 2.24) is 14.8 Å². The highest BCUT2D eigenvalue weighted by Crippen LogP contribution is 2.46. The average Bonchev–Trinajstić information content (AvgIpc) is 3.22. The molecule has 24 heavy (non-hydrogen) atoms. The Morgan fingerprint density at radius 2 is 1.92 bits per heavy atom. The van der Waals surface area contributed by atoms with Gasteiger partial charge in [0.2, 0.25) is 0 Å². The summed E-state index contributed by atoms with van der Waals surface area (Å²) in [6.07, 6.45) is 4.55. The lowest BCUT2D eigenvalue weighted by atomic mass is 9.75. The van der Waals surface area contributed by atoms with Crippen LogP contribution >= 0.6 is 0 Å². The largest absolute Gasteiger partial charge is 0.449 e. The van der Waals surface area contributed by atoms with Crippen molar-refractivity contribution in [2.24, 2.45) is 5.92 Å². The summed E-state index contributed by atoms with van der Waals surface area (Å²) in [4.78, 5) is 10.0. The molecule has 4 saturated heterocycles. The molecule has 4 heteroatoms. The van der Waals surface area contributed by atoms with Crippen LogP contribution in [0.15, 0.2) is 41.0 Å². The van der Waals surface area contributed by atoms with Crippen LogP contribution in [0.5, 0.6) is 0 Å². The van der Waals surface area contributed by atoms with E-state index in [0.717, 1.165) is 30.6 Å². The molecule has 0 radical (unpaired) electrons. The minimum Gasteiger partial charge on any atom is -0.449 e. The van der Waals surface area contributed by atoms with Crippen LogP contribution in [0.3, 0.4) is 0 Å². The fraction of sp³-hybridized carbons (Fsp3) is 0.550. The Bertz CT molecular complexity index is 705. The Balaban J connectivity index is 1.47. The third kappa shape index (κ3) is 2.32. The van der Waals surface area contributed by atoms with Crippen LogP contribution in [-0.2, 0) is 6.54 Å². The van der Waals surface area contributed by atoms with Crippen molar-refractivity contribution < 1.29 is 4.42 Å². The molecular formula is C20H25N3O. The van der Waals surface area contributed by atoms with E-state index in [1.807, 2.05) is 13.2 Å². The van der Waals surface area contributed by atoms with Gasteiger partial charge in [-0.1, -0.05) is 30.3 Å². The lowest BCUT2D eigenvalue weighted by Gasteiger charge is -2.51. The van der Waals surface area contributed by atoms with E-state index < -0.39 is 0 Å². The maximum atomic E-state index is 5.44. The zero-order valence-electron chi connectivity index (χ0n) is 14.3. The predicted molar refractivity (Wildman–Crippen MR) is 92.7 cm³/mol. The van der Waals surface area contributed by atoms with Crippen molar-refractivity contribution in [2.45, 2.75) is 44.3 Å². The number of aromatic nitrogens is 1. The molecule has 0 amide bonds. The Morgan fingerprint density at radius 1 is 1.12 bits per heavy atom. The second-order valence-electron chi connectivity index (χ2n) is 7.66. The third-order valence-electron chi connectivity index (χ3n) is 6.35. The molecule has 0 saturated carbocycles. The van der Waals surface area contributed by atoms with Crippen LogP contribution in [0.2, 0.25) is 0 Å². The van der Waals surface area contributed by atoms with E-state index in [4.69, 9.17) is 4.42 Å². The van der Waals surface area contributed by atoms with Gasteiger partial charge in [-0.15, -0.1) is 0 Å². The number of nitrogens with zero attached hydrogens (tertiary/aromatic N) is 3. The van der Waals surface area contributed by atoms with E-state index in [1.54, 1.807) is 0 Å². The zero-order chi connectivity index (χ0) is 16.1. The second kappa shape index (κ2) is 5.71. The highest BCUT2D eigenvalue weighted by Gasteiger charge is 2.53. The molecule has 0 N–H and O–H groups in total. The molecule has 1 aromatic carbocycles. The van der Waals surface area contributed by atoms with Gasteiger partial charge < -0.3 is 4.42 Å². The molecule has 4 fully saturated rings. The van der Waals surface area contributed by atoms with Gasteiger partial charge in [0.05, 0.1) is 5.69 Å². The first-order valence-electron chi connectivity index (χ1n) is 9.23. The molecular weight excluding hydrogens is 298 g/mol. The number of oxazole rings is 1. The maximum Gasteiger partial charge on any atom is 0.191 e. The van der Waals surface area contributed by atoms with Gasteiger partial charge in [-0.25, -0.2) is 4.98 Å². The molecule has 6 rings (SSSR count). The lowest BCUT2D eigenvalue weighted by Crippen LogP contribution is -2.59. The Morgan fingerprint density at radius 3 is 2.62 bits per heavy atom.